The van der Waals surface area contributed by atoms with Gasteiger partial charge in [-0.25, -0.2) is 0 Å². The van der Waals surface area contributed by atoms with Crippen LogP contribution >= 0.6 is 0 Å². The number of anilines is 4. The van der Waals surface area contributed by atoms with Crippen LogP contribution in [-0.4, -0.2) is 29.2 Å². The van der Waals surface area contributed by atoms with Crippen molar-refractivity contribution in [2.75, 3.05) is 28.6 Å². The lowest BCUT2D eigenvalue weighted by atomic mass is 9.99. The molecule has 0 saturated carbocycles. The highest BCUT2D eigenvalue weighted by Gasteiger charge is 2.15. The van der Waals surface area contributed by atoms with Crippen LogP contribution < -0.4 is 15.5 Å². The summed E-state index contributed by atoms with van der Waals surface area (Å²) in [5.41, 5.74) is 2.24. The SMILES string of the molecule is CCCCC(=O)Nc1ccc(Nc2ccc(N3CCC(C)CC3)cc2)nn1. The second-order valence-electron chi connectivity index (χ2n) is 7.30. The van der Waals surface area contributed by atoms with Gasteiger partial charge in [-0.05, 0) is 61.6 Å². The highest BCUT2D eigenvalue weighted by Crippen LogP contribution is 2.25. The Kier molecular flexibility index (Phi) is 6.63. The molecule has 2 aromatic rings. The summed E-state index contributed by atoms with van der Waals surface area (Å²) in [4.78, 5) is 14.2. The molecule has 1 aromatic carbocycles. The molecule has 1 fully saturated rings. The lowest BCUT2D eigenvalue weighted by Gasteiger charge is -2.32. The minimum atomic E-state index is -0.0189. The van der Waals surface area contributed by atoms with Crippen LogP contribution in [0.1, 0.15) is 46.0 Å². The monoisotopic (exact) mass is 367 g/mol. The number of carbonyl (C=O) groups excluding carboxylic acids is 1. The van der Waals surface area contributed by atoms with E-state index in [1.807, 2.05) is 6.07 Å². The Morgan fingerprint density at radius 3 is 2.37 bits per heavy atom. The van der Waals surface area contributed by atoms with Crippen molar-refractivity contribution >= 4 is 28.9 Å². The van der Waals surface area contributed by atoms with Crippen LogP contribution in [0.4, 0.5) is 23.0 Å². The van der Waals surface area contributed by atoms with Crippen LogP contribution in [0, 0.1) is 5.92 Å². The molecule has 0 bridgehead atoms. The molecule has 0 radical (unpaired) electrons. The largest absolute Gasteiger partial charge is 0.372 e. The highest BCUT2D eigenvalue weighted by molar-refractivity contribution is 5.89. The molecule has 2 heterocycles. The molecule has 6 heteroatoms. The Hall–Kier alpha value is -2.63. The average molecular weight is 367 g/mol. The number of aromatic nitrogens is 2. The van der Waals surface area contributed by atoms with E-state index in [1.165, 1.54) is 18.5 Å². The normalized spacial score (nSPS) is 14.8. The summed E-state index contributed by atoms with van der Waals surface area (Å²) in [5, 5.41) is 14.2. The van der Waals surface area contributed by atoms with Crippen molar-refractivity contribution in [3.63, 3.8) is 0 Å². The third-order valence-corrected chi connectivity index (χ3v) is 4.98. The third kappa shape index (κ3) is 5.67. The van der Waals surface area contributed by atoms with Gasteiger partial charge in [0.2, 0.25) is 5.91 Å². The quantitative estimate of drug-likeness (QED) is 0.749. The van der Waals surface area contributed by atoms with Gasteiger partial charge >= 0.3 is 0 Å². The first-order valence-corrected chi connectivity index (χ1v) is 9.89. The van der Waals surface area contributed by atoms with Crippen molar-refractivity contribution in [2.45, 2.75) is 46.0 Å². The van der Waals surface area contributed by atoms with E-state index in [-0.39, 0.29) is 5.91 Å². The molecule has 144 valence electrons. The zero-order chi connectivity index (χ0) is 19.1. The van der Waals surface area contributed by atoms with Gasteiger partial charge in [0.1, 0.15) is 0 Å². The zero-order valence-corrected chi connectivity index (χ0v) is 16.2. The van der Waals surface area contributed by atoms with E-state index in [0.717, 1.165) is 37.5 Å². The molecule has 1 amide bonds. The summed E-state index contributed by atoms with van der Waals surface area (Å²) in [6.07, 6.45) is 4.91. The van der Waals surface area contributed by atoms with Gasteiger partial charge in [0.15, 0.2) is 11.6 Å². The maximum atomic E-state index is 11.7. The summed E-state index contributed by atoms with van der Waals surface area (Å²) >= 11 is 0. The molecule has 1 aromatic heterocycles. The number of carbonyl (C=O) groups is 1. The van der Waals surface area contributed by atoms with Crippen molar-refractivity contribution in [1.82, 2.24) is 10.2 Å². The Labute approximate surface area is 161 Å². The smallest absolute Gasteiger partial charge is 0.225 e. The fourth-order valence-electron chi connectivity index (χ4n) is 3.18. The highest BCUT2D eigenvalue weighted by atomic mass is 16.1. The van der Waals surface area contributed by atoms with Gasteiger partial charge in [-0.1, -0.05) is 20.3 Å². The van der Waals surface area contributed by atoms with Crippen molar-refractivity contribution in [3.05, 3.63) is 36.4 Å². The summed E-state index contributed by atoms with van der Waals surface area (Å²) in [7, 11) is 0. The molecule has 2 N–H and O–H groups in total. The second kappa shape index (κ2) is 9.35. The molecule has 1 aliphatic heterocycles. The number of piperidine rings is 1. The molecule has 0 aliphatic carbocycles. The van der Waals surface area contributed by atoms with Crippen molar-refractivity contribution in [2.24, 2.45) is 5.92 Å². The van der Waals surface area contributed by atoms with E-state index in [1.54, 1.807) is 6.07 Å². The molecule has 3 rings (SSSR count). The topological polar surface area (TPSA) is 70.2 Å². The predicted octanol–water partition coefficient (Wildman–Crippen LogP) is 4.59. The van der Waals surface area contributed by atoms with Gasteiger partial charge in [-0.3, -0.25) is 4.79 Å². The van der Waals surface area contributed by atoms with Crippen LogP contribution in [0.3, 0.4) is 0 Å². The molecular weight excluding hydrogens is 338 g/mol. The third-order valence-electron chi connectivity index (χ3n) is 4.98. The van der Waals surface area contributed by atoms with E-state index in [9.17, 15) is 4.79 Å². The van der Waals surface area contributed by atoms with E-state index in [2.05, 4.69) is 63.8 Å². The second-order valence-corrected chi connectivity index (χ2v) is 7.30. The zero-order valence-electron chi connectivity index (χ0n) is 16.2. The lowest BCUT2D eigenvalue weighted by Crippen LogP contribution is -2.32. The number of nitrogens with one attached hydrogen (secondary N) is 2. The van der Waals surface area contributed by atoms with Gasteiger partial charge in [-0.2, -0.15) is 0 Å². The standard InChI is InChI=1S/C21H29N5O/c1-3-4-5-21(27)23-20-11-10-19(24-25-20)22-17-6-8-18(9-7-17)26-14-12-16(2)13-15-26/h6-11,16H,3-5,12-15H2,1-2H3,(H,22,24)(H,23,25,27). The van der Waals surface area contributed by atoms with Crippen LogP contribution in [0.25, 0.3) is 0 Å². The summed E-state index contributed by atoms with van der Waals surface area (Å²) in [6, 6.07) is 12.0. The van der Waals surface area contributed by atoms with Gasteiger partial charge in [0.25, 0.3) is 0 Å². The Balaban J connectivity index is 1.53. The molecular formula is C21H29N5O. The van der Waals surface area contributed by atoms with Crippen LogP contribution in [-0.2, 0) is 4.79 Å². The van der Waals surface area contributed by atoms with Crippen LogP contribution in [0.5, 0.6) is 0 Å². The summed E-state index contributed by atoms with van der Waals surface area (Å²) in [5.74, 6) is 1.95. The number of unbranched alkanes of at least 4 members (excludes halogenated alkanes) is 1. The summed E-state index contributed by atoms with van der Waals surface area (Å²) < 4.78 is 0. The fraction of sp³-hybridized carbons (Fsp3) is 0.476. The Morgan fingerprint density at radius 2 is 1.74 bits per heavy atom. The van der Waals surface area contributed by atoms with Crippen molar-refractivity contribution < 1.29 is 4.79 Å². The fourth-order valence-corrected chi connectivity index (χ4v) is 3.18. The van der Waals surface area contributed by atoms with E-state index >= 15 is 0 Å². The molecule has 0 atom stereocenters. The molecule has 27 heavy (non-hydrogen) atoms. The van der Waals surface area contributed by atoms with E-state index < -0.39 is 0 Å². The first kappa shape index (κ1) is 19.1. The number of benzene rings is 1. The minimum absolute atomic E-state index is 0.0189. The predicted molar refractivity (Wildman–Crippen MR) is 111 cm³/mol. The molecule has 0 unspecified atom stereocenters. The maximum absolute atomic E-state index is 11.7. The number of hydrogen-bond acceptors (Lipinski definition) is 5. The first-order chi connectivity index (χ1) is 13.1. The molecule has 0 spiro atoms. The van der Waals surface area contributed by atoms with E-state index in [4.69, 9.17) is 0 Å². The van der Waals surface area contributed by atoms with Crippen LogP contribution in [0.2, 0.25) is 0 Å². The maximum Gasteiger partial charge on any atom is 0.225 e. The number of hydrogen-bond donors (Lipinski definition) is 2. The van der Waals surface area contributed by atoms with Gasteiger partial charge in [0, 0.05) is 30.9 Å². The Bertz CT molecular complexity index is 721. The van der Waals surface area contributed by atoms with Crippen molar-refractivity contribution in [3.8, 4) is 0 Å². The lowest BCUT2D eigenvalue weighted by molar-refractivity contribution is -0.116. The first-order valence-electron chi connectivity index (χ1n) is 9.89. The van der Waals surface area contributed by atoms with Gasteiger partial charge < -0.3 is 15.5 Å². The van der Waals surface area contributed by atoms with Crippen LogP contribution in [0.15, 0.2) is 36.4 Å². The minimum Gasteiger partial charge on any atom is -0.372 e. The van der Waals surface area contributed by atoms with E-state index in [0.29, 0.717) is 18.1 Å². The average Bonchev–Trinajstić information content (AvgIpc) is 2.69. The molecule has 1 saturated heterocycles. The van der Waals surface area contributed by atoms with Gasteiger partial charge in [-0.15, -0.1) is 10.2 Å². The molecule has 6 nitrogen and oxygen atoms in total. The number of amides is 1. The Morgan fingerprint density at radius 1 is 1.07 bits per heavy atom. The van der Waals surface area contributed by atoms with Crippen molar-refractivity contribution in [1.29, 1.82) is 0 Å². The summed E-state index contributed by atoms with van der Waals surface area (Å²) in [6.45, 7) is 6.65. The number of nitrogens with zero attached hydrogens (tertiary/aromatic N) is 3. The molecule has 1 aliphatic rings. The van der Waals surface area contributed by atoms with Gasteiger partial charge in [0.05, 0.1) is 0 Å². The number of rotatable bonds is 7.